The van der Waals surface area contributed by atoms with E-state index < -0.39 is 5.51 Å². The second-order valence-electron chi connectivity index (χ2n) is 2.83. The Morgan fingerprint density at radius 1 is 1.57 bits per heavy atom. The van der Waals surface area contributed by atoms with Crippen molar-refractivity contribution < 1.29 is 18.0 Å². The number of nitrogens with one attached hydrogen (secondary N) is 1. The molecule has 0 radical (unpaired) electrons. The van der Waals surface area contributed by atoms with E-state index >= 15 is 0 Å². The maximum atomic E-state index is 11.6. The van der Waals surface area contributed by atoms with E-state index in [0.717, 1.165) is 0 Å². The van der Waals surface area contributed by atoms with Crippen molar-refractivity contribution in [1.82, 2.24) is 5.32 Å². The van der Waals surface area contributed by atoms with E-state index in [-0.39, 0.29) is 42.4 Å². The molecule has 0 saturated carbocycles. The number of nitrogens with two attached hydrogens (primary N) is 1. The van der Waals surface area contributed by atoms with Gasteiger partial charge in [0.05, 0.1) is 0 Å². The van der Waals surface area contributed by atoms with Gasteiger partial charge in [-0.25, -0.2) is 0 Å². The first kappa shape index (κ1) is 13.6. The van der Waals surface area contributed by atoms with Crippen molar-refractivity contribution in [3.8, 4) is 0 Å². The summed E-state index contributed by atoms with van der Waals surface area (Å²) in [5.74, 6) is -0.489. The molecule has 1 atom stereocenters. The maximum absolute atomic E-state index is 11.6. The van der Waals surface area contributed by atoms with Crippen LogP contribution in [0.15, 0.2) is 0 Å². The van der Waals surface area contributed by atoms with Gasteiger partial charge in [-0.05, 0) is 18.7 Å². The molecule has 0 fully saturated rings. The minimum Gasteiger partial charge on any atom is -0.355 e. The molecule has 0 rings (SSSR count). The molecular formula is C7H13F3N2OS. The molecule has 0 saturated heterocycles. The van der Waals surface area contributed by atoms with Crippen LogP contribution in [0.2, 0.25) is 0 Å². The van der Waals surface area contributed by atoms with Gasteiger partial charge >= 0.3 is 5.51 Å². The van der Waals surface area contributed by atoms with Crippen molar-refractivity contribution in [2.45, 2.75) is 24.9 Å². The lowest BCUT2D eigenvalue weighted by Crippen LogP contribution is -2.31. The SMILES string of the molecule is CC(N)CC(=O)NCCSC(F)(F)F. The van der Waals surface area contributed by atoms with Crippen molar-refractivity contribution in [1.29, 1.82) is 0 Å². The van der Waals surface area contributed by atoms with Crippen LogP contribution in [-0.2, 0) is 4.79 Å². The molecule has 0 aliphatic carbocycles. The third-order valence-electron chi connectivity index (χ3n) is 1.20. The lowest BCUT2D eigenvalue weighted by Gasteiger charge is -2.08. The number of hydrogen-bond donors (Lipinski definition) is 2. The summed E-state index contributed by atoms with van der Waals surface area (Å²) < 4.78 is 34.9. The minimum absolute atomic E-state index is 0.00965. The van der Waals surface area contributed by atoms with Gasteiger partial charge < -0.3 is 11.1 Å². The van der Waals surface area contributed by atoms with Crippen LogP contribution in [0.5, 0.6) is 0 Å². The summed E-state index contributed by atoms with van der Waals surface area (Å²) in [6.07, 6.45) is 0.136. The number of rotatable bonds is 5. The van der Waals surface area contributed by atoms with Crippen LogP contribution in [-0.4, -0.2) is 29.8 Å². The highest BCUT2D eigenvalue weighted by atomic mass is 32.2. The molecule has 0 aromatic carbocycles. The molecule has 0 aromatic heterocycles. The Balaban J connectivity index is 3.41. The molecule has 7 heteroatoms. The Morgan fingerprint density at radius 3 is 2.57 bits per heavy atom. The molecule has 84 valence electrons. The van der Waals surface area contributed by atoms with Crippen molar-refractivity contribution >= 4 is 17.7 Å². The molecule has 0 spiro atoms. The highest BCUT2D eigenvalue weighted by Gasteiger charge is 2.27. The zero-order valence-corrected chi connectivity index (χ0v) is 8.54. The maximum Gasteiger partial charge on any atom is 0.441 e. The molecule has 1 unspecified atom stereocenters. The molecule has 1 amide bonds. The zero-order chi connectivity index (χ0) is 11.2. The quantitative estimate of drug-likeness (QED) is 0.695. The third-order valence-corrected chi connectivity index (χ3v) is 1.93. The monoisotopic (exact) mass is 230 g/mol. The fourth-order valence-electron chi connectivity index (χ4n) is 0.722. The molecule has 3 nitrogen and oxygen atoms in total. The van der Waals surface area contributed by atoms with Crippen LogP contribution < -0.4 is 11.1 Å². The summed E-state index contributed by atoms with van der Waals surface area (Å²) in [4.78, 5) is 10.9. The molecule has 0 aliphatic heterocycles. The van der Waals surface area contributed by atoms with Gasteiger partial charge in [0.1, 0.15) is 0 Å². The van der Waals surface area contributed by atoms with Crippen LogP contribution in [0.3, 0.4) is 0 Å². The molecule has 0 aromatic rings. The van der Waals surface area contributed by atoms with Crippen LogP contribution in [0.25, 0.3) is 0 Å². The molecule has 0 heterocycles. The number of thioether (sulfide) groups is 1. The Morgan fingerprint density at radius 2 is 2.14 bits per heavy atom. The van der Waals surface area contributed by atoms with Crippen LogP contribution in [0.1, 0.15) is 13.3 Å². The average Bonchev–Trinajstić information content (AvgIpc) is 1.95. The highest BCUT2D eigenvalue weighted by molar-refractivity contribution is 8.00. The first-order valence-electron chi connectivity index (χ1n) is 4.04. The number of halogens is 3. The lowest BCUT2D eigenvalue weighted by atomic mass is 10.2. The fourth-order valence-corrected chi connectivity index (χ4v) is 1.16. The predicted molar refractivity (Wildman–Crippen MR) is 49.8 cm³/mol. The summed E-state index contributed by atoms with van der Waals surface area (Å²) in [5.41, 5.74) is 1.09. The molecule has 3 N–H and O–H groups in total. The third kappa shape index (κ3) is 9.66. The number of hydrogen-bond acceptors (Lipinski definition) is 3. The lowest BCUT2D eigenvalue weighted by molar-refractivity contribution is -0.121. The van der Waals surface area contributed by atoms with Gasteiger partial charge in [0.25, 0.3) is 0 Å². The number of carbonyl (C=O) groups excluding carboxylic acids is 1. The van der Waals surface area contributed by atoms with Crippen molar-refractivity contribution in [3.63, 3.8) is 0 Å². The van der Waals surface area contributed by atoms with E-state index in [2.05, 4.69) is 5.32 Å². The van der Waals surface area contributed by atoms with E-state index in [1.165, 1.54) is 0 Å². The zero-order valence-electron chi connectivity index (χ0n) is 7.73. The second-order valence-corrected chi connectivity index (χ2v) is 3.99. The topological polar surface area (TPSA) is 55.1 Å². The van der Waals surface area contributed by atoms with Crippen LogP contribution in [0, 0.1) is 0 Å². The molecule has 0 aliphatic rings. The number of alkyl halides is 3. The van der Waals surface area contributed by atoms with Crippen molar-refractivity contribution in [3.05, 3.63) is 0 Å². The van der Waals surface area contributed by atoms with Gasteiger partial charge in [-0.15, -0.1) is 0 Å². The Labute approximate surface area is 84.6 Å². The Bertz CT molecular complexity index is 184. The number of amides is 1. The van der Waals surface area contributed by atoms with Crippen molar-refractivity contribution in [2.75, 3.05) is 12.3 Å². The standard InChI is InChI=1S/C7H13F3N2OS/c1-5(11)4-6(13)12-2-3-14-7(8,9)10/h5H,2-4,11H2,1H3,(H,12,13). The Kier molecular flexibility index (Phi) is 5.94. The summed E-state index contributed by atoms with van der Waals surface area (Å²) in [6.45, 7) is 1.67. The second kappa shape index (κ2) is 6.13. The normalized spacial score (nSPS) is 13.8. The largest absolute Gasteiger partial charge is 0.441 e. The van der Waals surface area contributed by atoms with E-state index in [1.807, 2.05) is 0 Å². The average molecular weight is 230 g/mol. The summed E-state index contributed by atoms with van der Waals surface area (Å²) >= 11 is -0.152. The molecular weight excluding hydrogens is 217 g/mol. The first-order valence-corrected chi connectivity index (χ1v) is 5.03. The first-order chi connectivity index (χ1) is 6.31. The minimum atomic E-state index is -4.23. The van der Waals surface area contributed by atoms with Gasteiger partial charge in [0.15, 0.2) is 0 Å². The van der Waals surface area contributed by atoms with Crippen LogP contribution in [0.4, 0.5) is 13.2 Å². The van der Waals surface area contributed by atoms with E-state index in [9.17, 15) is 18.0 Å². The Hall–Kier alpha value is -0.430. The summed E-state index contributed by atoms with van der Waals surface area (Å²) in [6, 6.07) is -0.273. The van der Waals surface area contributed by atoms with Crippen molar-refractivity contribution in [2.24, 2.45) is 5.73 Å². The van der Waals surface area contributed by atoms with Gasteiger partial charge in [0.2, 0.25) is 5.91 Å². The predicted octanol–water partition coefficient (Wildman–Crippen LogP) is 1.09. The number of carbonyl (C=O) groups is 1. The van der Waals surface area contributed by atoms with Gasteiger partial charge in [0, 0.05) is 24.8 Å². The summed E-state index contributed by atoms with van der Waals surface area (Å²) in [7, 11) is 0. The van der Waals surface area contributed by atoms with Gasteiger partial charge in [-0.3, -0.25) is 4.79 Å². The van der Waals surface area contributed by atoms with Gasteiger partial charge in [-0.2, -0.15) is 13.2 Å². The van der Waals surface area contributed by atoms with Gasteiger partial charge in [-0.1, -0.05) is 0 Å². The fraction of sp³-hybridized carbons (Fsp3) is 0.857. The molecule has 0 bridgehead atoms. The smallest absolute Gasteiger partial charge is 0.355 e. The van der Waals surface area contributed by atoms with E-state index in [0.29, 0.717) is 0 Å². The molecule has 14 heavy (non-hydrogen) atoms. The van der Waals surface area contributed by atoms with E-state index in [4.69, 9.17) is 5.73 Å². The van der Waals surface area contributed by atoms with Crippen LogP contribution >= 0.6 is 11.8 Å². The summed E-state index contributed by atoms with van der Waals surface area (Å²) in [5, 5.41) is 2.35. The highest BCUT2D eigenvalue weighted by Crippen LogP contribution is 2.29. The van der Waals surface area contributed by atoms with E-state index in [1.54, 1.807) is 6.92 Å².